The van der Waals surface area contributed by atoms with Crippen LogP contribution in [0.2, 0.25) is 0 Å². The Morgan fingerprint density at radius 1 is 1.21 bits per heavy atom. The van der Waals surface area contributed by atoms with Crippen molar-refractivity contribution in [2.45, 2.75) is 45.8 Å². The van der Waals surface area contributed by atoms with Crippen LogP contribution in [-0.4, -0.2) is 50.3 Å². The average molecular weight is 304 g/mol. The van der Waals surface area contributed by atoms with Gasteiger partial charge in [-0.3, -0.25) is 0 Å². The molecule has 8 heteroatoms. The highest BCUT2D eigenvalue weighted by Gasteiger charge is 2.37. The Morgan fingerprint density at radius 3 is 2.21 bits per heavy atom. The van der Waals surface area contributed by atoms with E-state index in [1.165, 1.54) is 13.8 Å². The maximum atomic E-state index is 12.4. The third kappa shape index (κ3) is 8.43. The van der Waals surface area contributed by atoms with E-state index in [2.05, 4.69) is 5.32 Å². The molecule has 116 valence electrons. The molecule has 0 aliphatic heterocycles. The number of nitrogens with zero attached hydrogens (tertiary/aromatic N) is 1. The number of hydrogen-bond donors (Lipinski definition) is 1. The molecule has 0 fully saturated rings. The van der Waals surface area contributed by atoms with Crippen LogP contribution in [0.15, 0.2) is 0 Å². The van der Waals surface area contributed by atoms with E-state index in [1.54, 1.807) is 0 Å². The third-order valence-electron chi connectivity index (χ3n) is 2.52. The van der Waals surface area contributed by atoms with E-state index in [9.17, 15) is 21.6 Å². The molecule has 0 aromatic rings. The number of nitrogens with one attached hydrogen (secondary N) is 1. The minimum absolute atomic E-state index is 0.243. The lowest BCUT2D eigenvalue weighted by Crippen LogP contribution is -2.44. The molecule has 0 saturated carbocycles. The van der Waals surface area contributed by atoms with Crippen LogP contribution < -0.4 is 5.32 Å². The summed E-state index contributed by atoms with van der Waals surface area (Å²) in [7, 11) is -3.86. The van der Waals surface area contributed by atoms with Crippen molar-refractivity contribution in [2.24, 2.45) is 0 Å². The Morgan fingerprint density at radius 2 is 1.79 bits per heavy atom. The number of alkyl halides is 3. The molecule has 0 atom stereocenters. The van der Waals surface area contributed by atoms with Gasteiger partial charge >= 0.3 is 6.18 Å². The van der Waals surface area contributed by atoms with E-state index in [4.69, 9.17) is 0 Å². The molecule has 0 spiro atoms. The second-order valence-electron chi connectivity index (χ2n) is 4.63. The molecule has 0 heterocycles. The highest BCUT2D eigenvalue weighted by Crippen LogP contribution is 2.21. The first-order valence-corrected chi connectivity index (χ1v) is 7.98. The predicted octanol–water partition coefficient (Wildman–Crippen LogP) is 1.98. The summed E-state index contributed by atoms with van der Waals surface area (Å²) >= 11 is 0. The molecule has 1 N–H and O–H groups in total. The van der Waals surface area contributed by atoms with E-state index in [0.717, 1.165) is 6.54 Å². The number of halogens is 3. The highest BCUT2D eigenvalue weighted by molar-refractivity contribution is 7.89. The first kappa shape index (κ1) is 18.7. The van der Waals surface area contributed by atoms with Gasteiger partial charge in [0.05, 0.1) is 5.75 Å². The van der Waals surface area contributed by atoms with Crippen LogP contribution in [0.5, 0.6) is 0 Å². The number of rotatable bonds is 9. The molecule has 4 nitrogen and oxygen atoms in total. The van der Waals surface area contributed by atoms with Crippen molar-refractivity contribution in [1.29, 1.82) is 0 Å². The largest absolute Gasteiger partial charge is 0.402 e. The van der Waals surface area contributed by atoms with E-state index in [1.807, 2.05) is 6.92 Å². The fourth-order valence-corrected chi connectivity index (χ4v) is 3.40. The van der Waals surface area contributed by atoms with Gasteiger partial charge < -0.3 is 5.32 Å². The van der Waals surface area contributed by atoms with Gasteiger partial charge in [0, 0.05) is 6.04 Å². The monoisotopic (exact) mass is 304 g/mol. The molecule has 0 saturated heterocycles. The lowest BCUT2D eigenvalue weighted by atomic mass is 10.3. The van der Waals surface area contributed by atoms with Crippen molar-refractivity contribution >= 4 is 10.0 Å². The number of sulfonamides is 1. The minimum Gasteiger partial charge on any atom is -0.317 e. The van der Waals surface area contributed by atoms with Crippen LogP contribution >= 0.6 is 0 Å². The Hall–Kier alpha value is -0.340. The minimum atomic E-state index is -4.51. The second kappa shape index (κ2) is 8.06. The zero-order chi connectivity index (χ0) is 15.1. The highest BCUT2D eigenvalue weighted by atomic mass is 32.2. The van der Waals surface area contributed by atoms with Gasteiger partial charge in [-0.25, -0.2) is 8.42 Å². The van der Waals surface area contributed by atoms with Crippen LogP contribution in [0, 0.1) is 0 Å². The maximum absolute atomic E-state index is 12.4. The fraction of sp³-hybridized carbons (Fsp3) is 1.00. The Bertz CT molecular complexity index is 342. The first-order valence-electron chi connectivity index (χ1n) is 6.37. The van der Waals surface area contributed by atoms with Crippen LogP contribution in [0.1, 0.15) is 33.6 Å². The van der Waals surface area contributed by atoms with Crippen LogP contribution in [0.4, 0.5) is 13.2 Å². The molecule has 0 unspecified atom stereocenters. The van der Waals surface area contributed by atoms with Crippen molar-refractivity contribution in [3.05, 3.63) is 0 Å². The summed E-state index contributed by atoms with van der Waals surface area (Å²) in [5.41, 5.74) is 0. The summed E-state index contributed by atoms with van der Waals surface area (Å²) in [6.45, 7) is 4.87. The van der Waals surface area contributed by atoms with Gasteiger partial charge in [0.2, 0.25) is 10.0 Å². The summed E-state index contributed by atoms with van der Waals surface area (Å²) < 4.78 is 61.4. The van der Waals surface area contributed by atoms with Crippen molar-refractivity contribution < 1.29 is 21.6 Å². The second-order valence-corrected chi connectivity index (χ2v) is 6.67. The smallest absolute Gasteiger partial charge is 0.317 e. The Balaban J connectivity index is 4.46. The lowest BCUT2D eigenvalue weighted by Gasteiger charge is -2.26. The average Bonchev–Trinajstić information content (AvgIpc) is 2.24. The van der Waals surface area contributed by atoms with E-state index >= 15 is 0 Å². The van der Waals surface area contributed by atoms with E-state index < -0.39 is 28.8 Å². The molecule has 0 amide bonds. The Labute approximate surface area is 113 Å². The Kier molecular flexibility index (Phi) is 7.92. The van der Waals surface area contributed by atoms with Crippen LogP contribution in [-0.2, 0) is 10.0 Å². The van der Waals surface area contributed by atoms with Gasteiger partial charge in [-0.15, -0.1) is 0 Å². The van der Waals surface area contributed by atoms with Gasteiger partial charge in [-0.1, -0.05) is 6.92 Å². The summed E-state index contributed by atoms with van der Waals surface area (Å²) in [4.78, 5) is 0. The molecule has 0 aliphatic rings. The quantitative estimate of drug-likeness (QED) is 0.663. The van der Waals surface area contributed by atoms with Crippen molar-refractivity contribution in [3.63, 3.8) is 0 Å². The van der Waals surface area contributed by atoms with Gasteiger partial charge in [-0.05, 0) is 39.8 Å². The topological polar surface area (TPSA) is 49.4 Å². The summed E-state index contributed by atoms with van der Waals surface area (Å²) in [5.74, 6) is -0.243. The number of hydrogen-bond acceptors (Lipinski definition) is 3. The summed E-state index contributed by atoms with van der Waals surface area (Å²) in [6.07, 6.45) is -3.53. The molecule has 0 radical (unpaired) electrons. The predicted molar refractivity (Wildman–Crippen MR) is 69.5 cm³/mol. The van der Waals surface area contributed by atoms with Gasteiger partial charge in [0.15, 0.2) is 0 Å². The SMILES string of the molecule is CCNCCCCS(=O)(=O)N(CC(F)(F)F)C(C)C. The third-order valence-corrected chi connectivity index (χ3v) is 4.59. The maximum Gasteiger partial charge on any atom is 0.402 e. The van der Waals surface area contributed by atoms with Gasteiger partial charge in [-0.2, -0.15) is 17.5 Å². The summed E-state index contributed by atoms with van der Waals surface area (Å²) in [5, 5.41) is 3.04. The molecule has 0 aliphatic carbocycles. The standard InChI is InChI=1S/C11H23F3N2O2S/c1-4-15-7-5-6-8-19(17,18)16(10(2)3)9-11(12,13)14/h10,15H,4-9H2,1-3H3. The fourth-order valence-electron chi connectivity index (χ4n) is 1.61. The van der Waals surface area contributed by atoms with Gasteiger partial charge in [0.25, 0.3) is 0 Å². The first-order chi connectivity index (χ1) is 8.60. The number of unbranched alkanes of at least 4 members (excludes halogenated alkanes) is 1. The van der Waals surface area contributed by atoms with Crippen LogP contribution in [0.3, 0.4) is 0 Å². The molecule has 0 bridgehead atoms. The van der Waals surface area contributed by atoms with Crippen molar-refractivity contribution in [2.75, 3.05) is 25.4 Å². The molecule has 0 rings (SSSR count). The summed E-state index contributed by atoms with van der Waals surface area (Å²) in [6, 6.07) is -0.694. The van der Waals surface area contributed by atoms with E-state index in [0.29, 0.717) is 23.7 Å². The van der Waals surface area contributed by atoms with E-state index in [-0.39, 0.29) is 5.75 Å². The molecular formula is C11H23F3N2O2S. The van der Waals surface area contributed by atoms with Gasteiger partial charge in [0.1, 0.15) is 6.54 Å². The van der Waals surface area contributed by atoms with Crippen molar-refractivity contribution in [3.8, 4) is 0 Å². The molecule has 0 aromatic heterocycles. The molecule has 0 aromatic carbocycles. The normalized spacial score (nSPS) is 13.5. The zero-order valence-electron chi connectivity index (χ0n) is 11.6. The van der Waals surface area contributed by atoms with Crippen molar-refractivity contribution in [1.82, 2.24) is 9.62 Å². The van der Waals surface area contributed by atoms with Crippen LogP contribution in [0.25, 0.3) is 0 Å². The molecular weight excluding hydrogens is 281 g/mol. The molecule has 19 heavy (non-hydrogen) atoms. The lowest BCUT2D eigenvalue weighted by molar-refractivity contribution is -0.138. The zero-order valence-corrected chi connectivity index (χ0v) is 12.4.